The Labute approximate surface area is 119 Å². The van der Waals surface area contributed by atoms with Crippen molar-refractivity contribution < 1.29 is 14.6 Å². The van der Waals surface area contributed by atoms with Crippen LogP contribution in [0.3, 0.4) is 0 Å². The molecule has 1 heterocycles. The minimum Gasteiger partial charge on any atom is -0.484 e. The number of hydrogen-bond acceptors (Lipinski definition) is 4. The van der Waals surface area contributed by atoms with E-state index in [1.54, 1.807) is 0 Å². The van der Waals surface area contributed by atoms with Gasteiger partial charge >= 0.3 is 0 Å². The van der Waals surface area contributed by atoms with Crippen LogP contribution < -0.4 is 4.74 Å². The maximum absolute atomic E-state index is 12.0. The minimum atomic E-state index is 0.0394. The summed E-state index contributed by atoms with van der Waals surface area (Å²) in [6.07, 6.45) is 0.639. The quantitative estimate of drug-likeness (QED) is 0.846. The molecule has 0 unspecified atom stereocenters. The largest absolute Gasteiger partial charge is 0.484 e. The van der Waals surface area contributed by atoms with Crippen molar-refractivity contribution in [1.29, 1.82) is 0 Å². The number of benzene rings is 1. The molecule has 1 fully saturated rings. The fourth-order valence-corrected chi connectivity index (χ4v) is 2.17. The molecule has 1 aliphatic rings. The van der Waals surface area contributed by atoms with Gasteiger partial charge in [-0.2, -0.15) is 0 Å². The molecule has 20 heavy (non-hydrogen) atoms. The van der Waals surface area contributed by atoms with E-state index < -0.39 is 0 Å². The zero-order chi connectivity index (χ0) is 14.4. The predicted octanol–water partition coefficient (Wildman–Crippen LogP) is 0.374. The smallest absolute Gasteiger partial charge is 0.260 e. The molecule has 1 aliphatic heterocycles. The molecule has 0 atom stereocenters. The predicted molar refractivity (Wildman–Crippen MR) is 76.8 cm³/mol. The van der Waals surface area contributed by atoms with E-state index in [0.717, 1.165) is 31.7 Å². The summed E-state index contributed by atoms with van der Waals surface area (Å²) < 4.78 is 5.51. The van der Waals surface area contributed by atoms with Crippen LogP contribution >= 0.6 is 0 Å². The Hall–Kier alpha value is -1.59. The Morgan fingerprint density at radius 1 is 1.20 bits per heavy atom. The highest BCUT2D eigenvalue weighted by Gasteiger charge is 2.19. The van der Waals surface area contributed by atoms with Gasteiger partial charge in [-0.25, -0.2) is 0 Å². The van der Waals surface area contributed by atoms with Crippen molar-refractivity contribution in [3.8, 4) is 5.75 Å². The van der Waals surface area contributed by atoms with E-state index in [1.165, 1.54) is 0 Å². The lowest BCUT2D eigenvalue weighted by Gasteiger charge is -2.32. The van der Waals surface area contributed by atoms with Crippen LogP contribution in [-0.4, -0.2) is 67.3 Å². The molecule has 1 amide bonds. The molecule has 1 aromatic carbocycles. The van der Waals surface area contributed by atoms with Gasteiger partial charge in [-0.3, -0.25) is 4.79 Å². The van der Waals surface area contributed by atoms with Gasteiger partial charge in [0.25, 0.3) is 5.91 Å². The van der Waals surface area contributed by atoms with Gasteiger partial charge in [-0.15, -0.1) is 0 Å². The highest BCUT2D eigenvalue weighted by Crippen LogP contribution is 2.12. The monoisotopic (exact) mass is 278 g/mol. The number of hydrogen-bond donors (Lipinski definition) is 1. The number of carbonyl (C=O) groups excluding carboxylic acids is 1. The molecule has 0 spiro atoms. The first kappa shape index (κ1) is 14.8. The summed E-state index contributed by atoms with van der Waals surface area (Å²) in [6.45, 7) is 3.61. The van der Waals surface area contributed by atoms with Crippen molar-refractivity contribution in [2.24, 2.45) is 0 Å². The molecular weight excluding hydrogens is 256 g/mol. The van der Waals surface area contributed by atoms with E-state index in [9.17, 15) is 4.79 Å². The lowest BCUT2D eigenvalue weighted by Crippen LogP contribution is -2.48. The lowest BCUT2D eigenvalue weighted by molar-refractivity contribution is -0.134. The second-order valence-corrected chi connectivity index (χ2v) is 5.09. The zero-order valence-corrected chi connectivity index (χ0v) is 11.9. The third kappa shape index (κ3) is 4.21. The fourth-order valence-electron chi connectivity index (χ4n) is 2.17. The maximum Gasteiger partial charge on any atom is 0.260 e. The summed E-state index contributed by atoms with van der Waals surface area (Å²) >= 11 is 0. The number of amides is 1. The van der Waals surface area contributed by atoms with Crippen LogP contribution in [0.5, 0.6) is 5.75 Å². The Kier molecular flexibility index (Phi) is 5.38. The van der Waals surface area contributed by atoms with E-state index in [1.807, 2.05) is 29.2 Å². The summed E-state index contributed by atoms with van der Waals surface area (Å²) in [7, 11) is 2.06. The van der Waals surface area contributed by atoms with Crippen LogP contribution in [0.2, 0.25) is 0 Å². The third-order valence-corrected chi connectivity index (χ3v) is 3.54. The Morgan fingerprint density at radius 3 is 2.45 bits per heavy atom. The topological polar surface area (TPSA) is 53.0 Å². The standard InChI is InChI=1S/C15H22N2O3/c1-16-7-9-17(10-8-16)15(19)12-20-14-4-2-13(3-5-14)6-11-18/h2-5,18H,6-12H2,1H3. The van der Waals surface area contributed by atoms with Crippen LogP contribution in [0.1, 0.15) is 5.56 Å². The molecule has 0 aromatic heterocycles. The summed E-state index contributed by atoms with van der Waals surface area (Å²) in [6, 6.07) is 7.49. The van der Waals surface area contributed by atoms with Gasteiger partial charge in [0.15, 0.2) is 6.61 Å². The summed E-state index contributed by atoms with van der Waals surface area (Å²) in [5.41, 5.74) is 1.06. The lowest BCUT2D eigenvalue weighted by atomic mass is 10.1. The highest BCUT2D eigenvalue weighted by atomic mass is 16.5. The molecule has 0 aliphatic carbocycles. The van der Waals surface area contributed by atoms with Gasteiger partial charge in [-0.1, -0.05) is 12.1 Å². The Morgan fingerprint density at radius 2 is 1.85 bits per heavy atom. The SMILES string of the molecule is CN1CCN(C(=O)COc2ccc(CCO)cc2)CC1. The number of piperazine rings is 1. The number of aliphatic hydroxyl groups excluding tert-OH is 1. The molecule has 1 N–H and O–H groups in total. The molecule has 110 valence electrons. The molecule has 0 bridgehead atoms. The Bertz CT molecular complexity index is 425. The van der Waals surface area contributed by atoms with Crippen molar-refractivity contribution in [3.63, 3.8) is 0 Å². The number of ether oxygens (including phenoxy) is 1. The van der Waals surface area contributed by atoms with Crippen molar-refractivity contribution in [2.45, 2.75) is 6.42 Å². The normalized spacial score (nSPS) is 16.2. The highest BCUT2D eigenvalue weighted by molar-refractivity contribution is 5.77. The third-order valence-electron chi connectivity index (χ3n) is 3.54. The van der Waals surface area contributed by atoms with Gasteiger partial charge in [0.1, 0.15) is 5.75 Å². The van der Waals surface area contributed by atoms with Crippen molar-refractivity contribution in [1.82, 2.24) is 9.80 Å². The van der Waals surface area contributed by atoms with E-state index in [-0.39, 0.29) is 19.1 Å². The van der Waals surface area contributed by atoms with Gasteiger partial charge in [0.2, 0.25) is 0 Å². The second-order valence-electron chi connectivity index (χ2n) is 5.09. The van der Waals surface area contributed by atoms with Crippen LogP contribution in [0, 0.1) is 0 Å². The van der Waals surface area contributed by atoms with E-state index in [0.29, 0.717) is 12.2 Å². The number of aliphatic hydroxyl groups is 1. The number of likely N-dealkylation sites (N-methyl/N-ethyl adjacent to an activating group) is 1. The summed E-state index contributed by atoms with van der Waals surface area (Å²) in [5, 5.41) is 8.84. The molecule has 1 aromatic rings. The van der Waals surface area contributed by atoms with Gasteiger partial charge in [0.05, 0.1) is 0 Å². The summed E-state index contributed by atoms with van der Waals surface area (Å²) in [5.74, 6) is 0.728. The van der Waals surface area contributed by atoms with Crippen LogP contribution in [-0.2, 0) is 11.2 Å². The second kappa shape index (κ2) is 7.26. The van der Waals surface area contributed by atoms with Crippen LogP contribution in [0.25, 0.3) is 0 Å². The van der Waals surface area contributed by atoms with Gasteiger partial charge in [-0.05, 0) is 31.2 Å². The molecule has 2 rings (SSSR count). The molecule has 0 saturated carbocycles. The molecule has 0 radical (unpaired) electrons. The first-order chi connectivity index (χ1) is 9.69. The first-order valence-corrected chi connectivity index (χ1v) is 6.98. The Balaban J connectivity index is 1.78. The average molecular weight is 278 g/mol. The molecule has 5 nitrogen and oxygen atoms in total. The number of rotatable bonds is 5. The van der Waals surface area contributed by atoms with Gasteiger partial charge in [0, 0.05) is 32.8 Å². The molecule has 5 heteroatoms. The van der Waals surface area contributed by atoms with Crippen LogP contribution in [0.4, 0.5) is 0 Å². The number of carbonyl (C=O) groups is 1. The number of nitrogens with zero attached hydrogens (tertiary/aromatic N) is 2. The maximum atomic E-state index is 12.0. The van der Waals surface area contributed by atoms with Crippen LogP contribution in [0.15, 0.2) is 24.3 Å². The van der Waals surface area contributed by atoms with Crippen molar-refractivity contribution in [3.05, 3.63) is 29.8 Å². The van der Waals surface area contributed by atoms with E-state index in [4.69, 9.17) is 9.84 Å². The fraction of sp³-hybridized carbons (Fsp3) is 0.533. The molecule has 1 saturated heterocycles. The van der Waals surface area contributed by atoms with Crippen molar-refractivity contribution in [2.75, 3.05) is 46.4 Å². The van der Waals surface area contributed by atoms with E-state index >= 15 is 0 Å². The minimum absolute atomic E-state index is 0.0394. The van der Waals surface area contributed by atoms with Crippen molar-refractivity contribution >= 4 is 5.91 Å². The average Bonchev–Trinajstić information content (AvgIpc) is 2.47. The van der Waals surface area contributed by atoms with Gasteiger partial charge < -0.3 is 19.6 Å². The molecular formula is C15H22N2O3. The first-order valence-electron chi connectivity index (χ1n) is 6.98. The van der Waals surface area contributed by atoms with E-state index in [2.05, 4.69) is 11.9 Å². The zero-order valence-electron chi connectivity index (χ0n) is 11.9. The summed E-state index contributed by atoms with van der Waals surface area (Å²) in [4.78, 5) is 16.1.